The van der Waals surface area contributed by atoms with E-state index in [9.17, 15) is 0 Å². The van der Waals surface area contributed by atoms with E-state index in [1.54, 1.807) is 11.3 Å². The Labute approximate surface area is 109 Å². The molecule has 3 aromatic carbocycles. The van der Waals surface area contributed by atoms with Crippen LogP contribution in [0.1, 0.15) is 5.01 Å². The largest absolute Gasteiger partial charge is 0.241 e. The average Bonchev–Trinajstić information content (AvgIpc) is 2.81. The van der Waals surface area contributed by atoms with Crippen molar-refractivity contribution >= 4 is 43.1 Å². The van der Waals surface area contributed by atoms with Gasteiger partial charge in [0.25, 0.3) is 0 Å². The van der Waals surface area contributed by atoms with E-state index in [1.807, 2.05) is 0 Å². The molecule has 18 heavy (non-hydrogen) atoms. The molecular formula is C16H11NS. The first-order chi connectivity index (χ1) is 8.84. The molecule has 0 bridgehead atoms. The van der Waals surface area contributed by atoms with E-state index in [1.165, 1.54) is 26.2 Å². The highest BCUT2D eigenvalue weighted by Crippen LogP contribution is 2.37. The Morgan fingerprint density at radius 3 is 2.06 bits per heavy atom. The summed E-state index contributed by atoms with van der Waals surface area (Å²) >= 11 is 1.79. The number of rotatable bonds is 0. The first-order valence-corrected chi connectivity index (χ1v) is 6.83. The summed E-state index contributed by atoms with van der Waals surface area (Å²) < 4.78 is 1.31. The third-order valence-corrected chi connectivity index (χ3v) is 4.38. The summed E-state index contributed by atoms with van der Waals surface area (Å²) in [6.07, 6.45) is 0. The highest BCUT2D eigenvalue weighted by Gasteiger charge is 2.10. The fraction of sp³-hybridized carbons (Fsp3) is 0.0625. The van der Waals surface area contributed by atoms with Gasteiger partial charge in [-0.3, -0.25) is 0 Å². The van der Waals surface area contributed by atoms with Crippen LogP contribution in [0.25, 0.3) is 31.8 Å². The summed E-state index contributed by atoms with van der Waals surface area (Å²) in [4.78, 5) is 4.71. The first kappa shape index (κ1) is 10.0. The first-order valence-electron chi connectivity index (χ1n) is 6.01. The quantitative estimate of drug-likeness (QED) is 0.403. The minimum Gasteiger partial charge on any atom is -0.241 e. The average molecular weight is 249 g/mol. The van der Waals surface area contributed by atoms with Gasteiger partial charge in [0.05, 0.1) is 15.2 Å². The summed E-state index contributed by atoms with van der Waals surface area (Å²) in [7, 11) is 0. The fourth-order valence-corrected chi connectivity index (χ4v) is 3.61. The Morgan fingerprint density at radius 1 is 0.778 bits per heavy atom. The van der Waals surface area contributed by atoms with Gasteiger partial charge in [-0.2, -0.15) is 0 Å². The molecule has 0 aliphatic rings. The molecule has 0 N–H and O–H groups in total. The molecule has 4 aromatic rings. The van der Waals surface area contributed by atoms with Crippen LogP contribution in [0.2, 0.25) is 0 Å². The summed E-state index contributed by atoms with van der Waals surface area (Å²) in [6, 6.07) is 17.1. The second-order valence-corrected chi connectivity index (χ2v) is 5.70. The Balaban J connectivity index is 2.45. The molecule has 0 aliphatic heterocycles. The monoisotopic (exact) mass is 249 g/mol. The highest BCUT2D eigenvalue weighted by atomic mass is 32.1. The lowest BCUT2D eigenvalue weighted by atomic mass is 10.0. The maximum atomic E-state index is 4.71. The molecule has 0 radical (unpaired) electrons. The molecular weight excluding hydrogens is 238 g/mol. The summed E-state index contributed by atoms with van der Waals surface area (Å²) in [5, 5.41) is 6.33. The molecule has 2 heteroatoms. The van der Waals surface area contributed by atoms with Crippen molar-refractivity contribution in [3.05, 3.63) is 53.5 Å². The smallest absolute Gasteiger partial charge is 0.0908 e. The topological polar surface area (TPSA) is 12.9 Å². The Hall–Kier alpha value is -1.93. The molecule has 0 unspecified atom stereocenters. The molecule has 1 aromatic heterocycles. The number of hydrogen-bond acceptors (Lipinski definition) is 2. The van der Waals surface area contributed by atoms with Crippen molar-refractivity contribution < 1.29 is 0 Å². The van der Waals surface area contributed by atoms with Crippen LogP contribution >= 0.6 is 11.3 Å². The van der Waals surface area contributed by atoms with Crippen molar-refractivity contribution in [2.24, 2.45) is 0 Å². The fourth-order valence-electron chi connectivity index (χ4n) is 2.63. The zero-order valence-corrected chi connectivity index (χ0v) is 10.8. The zero-order chi connectivity index (χ0) is 12.1. The Morgan fingerprint density at radius 2 is 1.33 bits per heavy atom. The van der Waals surface area contributed by atoms with Crippen molar-refractivity contribution in [1.29, 1.82) is 0 Å². The number of hydrogen-bond donors (Lipinski definition) is 0. The van der Waals surface area contributed by atoms with Crippen molar-refractivity contribution in [3.8, 4) is 0 Å². The lowest BCUT2D eigenvalue weighted by Gasteiger charge is -2.05. The molecule has 0 saturated heterocycles. The van der Waals surface area contributed by atoms with Crippen LogP contribution in [0.15, 0.2) is 48.5 Å². The van der Waals surface area contributed by atoms with E-state index >= 15 is 0 Å². The minimum atomic E-state index is 1.13. The minimum absolute atomic E-state index is 1.13. The Kier molecular flexibility index (Phi) is 1.97. The van der Waals surface area contributed by atoms with Gasteiger partial charge >= 0.3 is 0 Å². The van der Waals surface area contributed by atoms with Crippen LogP contribution in [0.4, 0.5) is 0 Å². The van der Waals surface area contributed by atoms with Gasteiger partial charge < -0.3 is 0 Å². The maximum absolute atomic E-state index is 4.71. The van der Waals surface area contributed by atoms with E-state index in [-0.39, 0.29) is 0 Å². The SMILES string of the molecule is Cc1nc2c3ccccc3c3ccccc3c2s1. The molecule has 0 amide bonds. The molecule has 0 saturated carbocycles. The number of thiazole rings is 1. The Bertz CT molecular complexity index is 817. The number of aryl methyl sites for hydroxylation is 1. The van der Waals surface area contributed by atoms with Crippen LogP contribution in [0.3, 0.4) is 0 Å². The second-order valence-electron chi connectivity index (χ2n) is 4.50. The van der Waals surface area contributed by atoms with E-state index in [4.69, 9.17) is 4.98 Å². The van der Waals surface area contributed by atoms with Gasteiger partial charge in [-0.05, 0) is 17.7 Å². The summed E-state index contributed by atoms with van der Waals surface area (Å²) in [6.45, 7) is 2.08. The van der Waals surface area contributed by atoms with Crippen LogP contribution in [-0.2, 0) is 0 Å². The molecule has 1 heterocycles. The third kappa shape index (κ3) is 1.24. The molecule has 0 spiro atoms. The molecule has 86 valence electrons. The van der Waals surface area contributed by atoms with Gasteiger partial charge in [-0.25, -0.2) is 4.98 Å². The predicted octanol–water partition coefficient (Wildman–Crippen LogP) is 4.91. The van der Waals surface area contributed by atoms with Gasteiger partial charge in [0.1, 0.15) is 0 Å². The number of nitrogens with zero attached hydrogens (tertiary/aromatic N) is 1. The van der Waals surface area contributed by atoms with Crippen molar-refractivity contribution in [3.63, 3.8) is 0 Å². The van der Waals surface area contributed by atoms with E-state index in [0.29, 0.717) is 0 Å². The standard InChI is InChI=1S/C16H11NS/c1-10-17-15-13-8-4-2-6-11(13)12-7-3-5-9-14(12)16(15)18-10/h2-9H,1H3. The number of fused-ring (bicyclic) bond motifs is 6. The predicted molar refractivity (Wildman–Crippen MR) is 79.4 cm³/mol. The van der Waals surface area contributed by atoms with Crippen molar-refractivity contribution in [2.45, 2.75) is 6.92 Å². The van der Waals surface area contributed by atoms with E-state index < -0.39 is 0 Å². The molecule has 0 aliphatic carbocycles. The van der Waals surface area contributed by atoms with Crippen LogP contribution in [0.5, 0.6) is 0 Å². The van der Waals surface area contributed by atoms with Gasteiger partial charge in [-0.15, -0.1) is 11.3 Å². The number of aromatic nitrogens is 1. The van der Waals surface area contributed by atoms with Crippen molar-refractivity contribution in [2.75, 3.05) is 0 Å². The van der Waals surface area contributed by atoms with Gasteiger partial charge in [0.2, 0.25) is 0 Å². The van der Waals surface area contributed by atoms with Crippen LogP contribution < -0.4 is 0 Å². The second kappa shape index (κ2) is 3.53. The lowest BCUT2D eigenvalue weighted by Crippen LogP contribution is -1.80. The summed E-state index contributed by atoms with van der Waals surface area (Å²) in [5.41, 5.74) is 1.15. The summed E-state index contributed by atoms with van der Waals surface area (Å²) in [5.74, 6) is 0. The maximum Gasteiger partial charge on any atom is 0.0908 e. The van der Waals surface area contributed by atoms with Crippen LogP contribution in [0, 0.1) is 6.92 Å². The molecule has 0 atom stereocenters. The van der Waals surface area contributed by atoms with Gasteiger partial charge in [-0.1, -0.05) is 48.5 Å². The third-order valence-electron chi connectivity index (χ3n) is 3.38. The van der Waals surface area contributed by atoms with Crippen LogP contribution in [-0.4, -0.2) is 4.98 Å². The van der Waals surface area contributed by atoms with E-state index in [0.717, 1.165) is 10.5 Å². The zero-order valence-electron chi connectivity index (χ0n) is 9.97. The van der Waals surface area contributed by atoms with Crippen molar-refractivity contribution in [1.82, 2.24) is 4.98 Å². The molecule has 0 fully saturated rings. The van der Waals surface area contributed by atoms with Gasteiger partial charge in [0.15, 0.2) is 0 Å². The van der Waals surface area contributed by atoms with Gasteiger partial charge in [0, 0.05) is 10.8 Å². The van der Waals surface area contributed by atoms with E-state index in [2.05, 4.69) is 55.5 Å². The lowest BCUT2D eigenvalue weighted by molar-refractivity contribution is 1.35. The highest BCUT2D eigenvalue weighted by molar-refractivity contribution is 7.19. The molecule has 4 rings (SSSR count). The number of benzene rings is 3. The normalized spacial score (nSPS) is 11.6. The molecule has 1 nitrogen and oxygen atoms in total.